The van der Waals surface area contributed by atoms with Gasteiger partial charge in [-0.05, 0) is 73.4 Å². The van der Waals surface area contributed by atoms with E-state index >= 15 is 0 Å². The standard InChI is InChI=1S/C34H53NO/c1-3-5-7-9-11-14-29-17-19-30(20-18-29)16-13-27-36-33-24-22-32(23-25-33)34-26-21-31(28-35-34)15-12-10-8-6-4-2/h21-26,28-30H,3-20,27H2,1-2H3/t29-,30-. The summed E-state index contributed by atoms with van der Waals surface area (Å²) in [7, 11) is 0. The van der Waals surface area contributed by atoms with Gasteiger partial charge >= 0.3 is 0 Å². The third-order valence-corrected chi connectivity index (χ3v) is 8.25. The maximum atomic E-state index is 6.07. The number of hydrogen-bond donors (Lipinski definition) is 0. The second-order valence-electron chi connectivity index (χ2n) is 11.3. The van der Waals surface area contributed by atoms with Gasteiger partial charge in [-0.3, -0.25) is 4.98 Å². The van der Waals surface area contributed by atoms with Crippen molar-refractivity contribution in [2.75, 3.05) is 6.61 Å². The van der Waals surface area contributed by atoms with Gasteiger partial charge in [0.25, 0.3) is 0 Å². The molecule has 0 aliphatic heterocycles. The number of nitrogens with zero attached hydrogens (tertiary/aromatic N) is 1. The lowest BCUT2D eigenvalue weighted by molar-refractivity contribution is 0.228. The molecule has 0 spiro atoms. The van der Waals surface area contributed by atoms with Crippen molar-refractivity contribution in [2.24, 2.45) is 11.8 Å². The number of hydrogen-bond acceptors (Lipinski definition) is 2. The molecule has 1 aromatic carbocycles. The zero-order chi connectivity index (χ0) is 25.3. The molecular formula is C34H53NO. The maximum Gasteiger partial charge on any atom is 0.119 e. The van der Waals surface area contributed by atoms with Crippen LogP contribution in [0.5, 0.6) is 5.75 Å². The summed E-state index contributed by atoms with van der Waals surface area (Å²) in [5.41, 5.74) is 3.57. The molecule has 2 heteroatoms. The smallest absolute Gasteiger partial charge is 0.119 e. The topological polar surface area (TPSA) is 22.1 Å². The molecule has 0 saturated heterocycles. The van der Waals surface area contributed by atoms with E-state index in [2.05, 4.69) is 56.4 Å². The Hall–Kier alpha value is -1.83. The van der Waals surface area contributed by atoms with Crippen molar-refractivity contribution in [3.05, 3.63) is 48.2 Å². The molecule has 0 bridgehead atoms. The Kier molecular flexibility index (Phi) is 14.0. The fourth-order valence-electron chi connectivity index (χ4n) is 5.81. The van der Waals surface area contributed by atoms with E-state index < -0.39 is 0 Å². The minimum atomic E-state index is 0.835. The first-order valence-electron chi connectivity index (χ1n) is 15.5. The lowest BCUT2D eigenvalue weighted by Gasteiger charge is -2.28. The maximum absolute atomic E-state index is 6.07. The van der Waals surface area contributed by atoms with Gasteiger partial charge in [-0.25, -0.2) is 0 Å². The van der Waals surface area contributed by atoms with Crippen molar-refractivity contribution in [3.8, 4) is 17.0 Å². The van der Waals surface area contributed by atoms with Gasteiger partial charge in [-0.1, -0.05) is 110 Å². The van der Waals surface area contributed by atoms with Crippen molar-refractivity contribution in [1.29, 1.82) is 0 Å². The number of aromatic nitrogens is 1. The molecule has 2 nitrogen and oxygen atoms in total. The molecule has 0 amide bonds. The molecule has 1 saturated carbocycles. The van der Waals surface area contributed by atoms with Crippen LogP contribution in [-0.4, -0.2) is 11.6 Å². The van der Waals surface area contributed by atoms with E-state index in [-0.39, 0.29) is 0 Å². The molecule has 1 aliphatic rings. The molecule has 200 valence electrons. The fourth-order valence-corrected chi connectivity index (χ4v) is 5.81. The highest BCUT2D eigenvalue weighted by molar-refractivity contribution is 5.60. The summed E-state index contributed by atoms with van der Waals surface area (Å²) in [6.45, 7) is 5.41. The molecule has 0 atom stereocenters. The third-order valence-electron chi connectivity index (χ3n) is 8.25. The Bertz CT molecular complexity index is 789. The summed E-state index contributed by atoms with van der Waals surface area (Å²) in [4.78, 5) is 4.71. The summed E-state index contributed by atoms with van der Waals surface area (Å²) >= 11 is 0. The Labute approximate surface area is 222 Å². The van der Waals surface area contributed by atoms with E-state index in [4.69, 9.17) is 9.72 Å². The van der Waals surface area contributed by atoms with Crippen LogP contribution in [-0.2, 0) is 6.42 Å². The highest BCUT2D eigenvalue weighted by Crippen LogP contribution is 2.34. The molecular weight excluding hydrogens is 438 g/mol. The van der Waals surface area contributed by atoms with Crippen molar-refractivity contribution in [2.45, 2.75) is 129 Å². The normalized spacial score (nSPS) is 17.8. The average molecular weight is 492 g/mol. The molecule has 0 radical (unpaired) electrons. The van der Waals surface area contributed by atoms with Crippen LogP contribution in [0.3, 0.4) is 0 Å². The van der Waals surface area contributed by atoms with Crippen LogP contribution < -0.4 is 4.74 Å². The first kappa shape index (κ1) is 28.7. The van der Waals surface area contributed by atoms with E-state index in [1.165, 1.54) is 120 Å². The zero-order valence-corrected chi connectivity index (χ0v) is 23.5. The summed E-state index contributed by atoms with van der Waals surface area (Å²) in [6.07, 6.45) is 26.8. The highest BCUT2D eigenvalue weighted by atomic mass is 16.5. The summed E-state index contributed by atoms with van der Waals surface area (Å²) in [5.74, 6) is 2.92. The van der Waals surface area contributed by atoms with E-state index in [0.29, 0.717) is 0 Å². The quantitative estimate of drug-likeness (QED) is 0.193. The van der Waals surface area contributed by atoms with E-state index in [1.54, 1.807) is 0 Å². The SMILES string of the molecule is CCCCCCCc1ccc(-c2ccc(OCCC[C@H]3CC[C@H](CCCCCCC)CC3)cc2)nc1. The second-order valence-corrected chi connectivity index (χ2v) is 11.3. The predicted molar refractivity (Wildman–Crippen MR) is 156 cm³/mol. The van der Waals surface area contributed by atoms with Gasteiger partial charge in [0, 0.05) is 11.8 Å². The van der Waals surface area contributed by atoms with E-state index in [1.807, 2.05) is 0 Å². The van der Waals surface area contributed by atoms with Crippen LogP contribution in [0.25, 0.3) is 11.3 Å². The Balaban J connectivity index is 1.27. The van der Waals surface area contributed by atoms with E-state index in [0.717, 1.165) is 36.3 Å². The molecule has 1 aromatic heterocycles. The molecule has 1 heterocycles. The zero-order valence-electron chi connectivity index (χ0n) is 23.5. The number of unbranched alkanes of at least 4 members (excludes halogenated alkanes) is 8. The predicted octanol–water partition coefficient (Wildman–Crippen LogP) is 10.6. The molecule has 1 fully saturated rings. The van der Waals surface area contributed by atoms with Gasteiger partial charge < -0.3 is 4.74 Å². The summed E-state index contributed by atoms with van der Waals surface area (Å²) < 4.78 is 6.07. The number of aryl methyl sites for hydroxylation is 1. The Morgan fingerprint density at radius 2 is 1.28 bits per heavy atom. The first-order valence-corrected chi connectivity index (χ1v) is 15.5. The van der Waals surface area contributed by atoms with Crippen LogP contribution in [0, 0.1) is 11.8 Å². The number of rotatable bonds is 18. The van der Waals surface area contributed by atoms with Gasteiger partial charge in [0.05, 0.1) is 12.3 Å². The average Bonchev–Trinajstić information content (AvgIpc) is 2.92. The fraction of sp³-hybridized carbons (Fsp3) is 0.676. The second kappa shape index (κ2) is 17.6. The van der Waals surface area contributed by atoms with Crippen LogP contribution >= 0.6 is 0 Å². The van der Waals surface area contributed by atoms with Gasteiger partial charge in [0.2, 0.25) is 0 Å². The molecule has 36 heavy (non-hydrogen) atoms. The van der Waals surface area contributed by atoms with Gasteiger partial charge in [0.1, 0.15) is 5.75 Å². The number of pyridine rings is 1. The monoisotopic (exact) mass is 491 g/mol. The van der Waals surface area contributed by atoms with Gasteiger partial charge in [-0.15, -0.1) is 0 Å². The Morgan fingerprint density at radius 1 is 0.667 bits per heavy atom. The number of ether oxygens (including phenoxy) is 1. The molecule has 2 aromatic rings. The van der Waals surface area contributed by atoms with Crippen LogP contribution in [0.15, 0.2) is 42.6 Å². The highest BCUT2D eigenvalue weighted by Gasteiger charge is 2.20. The van der Waals surface area contributed by atoms with Crippen LogP contribution in [0.2, 0.25) is 0 Å². The van der Waals surface area contributed by atoms with Crippen molar-refractivity contribution in [1.82, 2.24) is 4.98 Å². The van der Waals surface area contributed by atoms with Gasteiger partial charge in [-0.2, -0.15) is 0 Å². The molecule has 1 aliphatic carbocycles. The number of benzene rings is 1. The first-order chi connectivity index (χ1) is 17.8. The molecule has 0 unspecified atom stereocenters. The van der Waals surface area contributed by atoms with Crippen molar-refractivity contribution < 1.29 is 4.74 Å². The molecule has 3 rings (SSSR count). The van der Waals surface area contributed by atoms with Crippen LogP contribution in [0.1, 0.15) is 129 Å². The summed E-state index contributed by atoms with van der Waals surface area (Å²) in [5, 5.41) is 0. The third kappa shape index (κ3) is 11.1. The van der Waals surface area contributed by atoms with Gasteiger partial charge in [0.15, 0.2) is 0 Å². The van der Waals surface area contributed by atoms with E-state index in [9.17, 15) is 0 Å². The lowest BCUT2D eigenvalue weighted by Crippen LogP contribution is -2.15. The lowest BCUT2D eigenvalue weighted by atomic mass is 9.78. The van der Waals surface area contributed by atoms with Crippen molar-refractivity contribution in [3.63, 3.8) is 0 Å². The minimum Gasteiger partial charge on any atom is -0.494 e. The van der Waals surface area contributed by atoms with Crippen molar-refractivity contribution >= 4 is 0 Å². The minimum absolute atomic E-state index is 0.835. The molecule has 0 N–H and O–H groups in total. The largest absolute Gasteiger partial charge is 0.494 e. The summed E-state index contributed by atoms with van der Waals surface area (Å²) in [6, 6.07) is 12.9. The Morgan fingerprint density at radius 3 is 1.89 bits per heavy atom. The van der Waals surface area contributed by atoms with Crippen LogP contribution in [0.4, 0.5) is 0 Å².